The highest BCUT2D eigenvalue weighted by Gasteiger charge is 2.28. The first-order chi connectivity index (χ1) is 9.81. The van der Waals surface area contributed by atoms with Crippen LogP contribution in [0.4, 0.5) is 0 Å². The Kier molecular flexibility index (Phi) is 4.38. The highest BCUT2D eigenvalue weighted by atomic mass is 35.7. The number of piperidine rings is 1. The van der Waals surface area contributed by atoms with Gasteiger partial charge >= 0.3 is 0 Å². The fourth-order valence-corrected chi connectivity index (χ4v) is 2.88. The molecule has 0 saturated carbocycles. The summed E-state index contributed by atoms with van der Waals surface area (Å²) in [6.07, 6.45) is -0.477. The van der Waals surface area contributed by atoms with Crippen LogP contribution >= 0.6 is 10.7 Å². The van der Waals surface area contributed by atoms with Crippen LogP contribution in [0.2, 0.25) is 0 Å². The summed E-state index contributed by atoms with van der Waals surface area (Å²) >= 11 is 0. The van der Waals surface area contributed by atoms with Crippen LogP contribution in [0.15, 0.2) is 23.1 Å². The number of rotatable bonds is 4. The second-order valence-electron chi connectivity index (χ2n) is 4.31. The molecule has 7 nitrogen and oxygen atoms in total. The fraction of sp³-hybridized carbons (Fsp3) is 0.333. The summed E-state index contributed by atoms with van der Waals surface area (Å²) < 4.78 is 33.3. The van der Waals surface area contributed by atoms with Crippen LogP contribution in [-0.4, -0.2) is 33.4 Å². The Labute approximate surface area is 125 Å². The number of carbonyl (C=O) groups excluding carboxylic acids is 2. The minimum atomic E-state index is -4.02. The summed E-state index contributed by atoms with van der Waals surface area (Å²) in [5.74, 6) is -0.707. The molecule has 1 saturated heterocycles. The molecule has 1 aliphatic heterocycles. The molecule has 9 heteroatoms. The Balaban J connectivity index is 2.25. The van der Waals surface area contributed by atoms with Gasteiger partial charge in [0, 0.05) is 29.6 Å². The molecule has 1 aromatic rings. The maximum Gasteiger partial charge on any atom is 0.267 e. The molecule has 0 bridgehead atoms. The molecular formula is C12H12ClNO6S. The van der Waals surface area contributed by atoms with Crippen molar-refractivity contribution in [3.63, 3.8) is 0 Å². The minimum absolute atomic E-state index is 0.0700. The minimum Gasteiger partial charge on any atom is -0.495 e. The molecule has 114 valence electrons. The quantitative estimate of drug-likeness (QED) is 0.646. The zero-order valence-electron chi connectivity index (χ0n) is 11.0. The van der Waals surface area contributed by atoms with Crippen molar-refractivity contribution in [1.82, 2.24) is 5.32 Å². The van der Waals surface area contributed by atoms with Crippen LogP contribution in [-0.2, 0) is 18.6 Å². The summed E-state index contributed by atoms with van der Waals surface area (Å²) in [6.45, 7) is 0. The van der Waals surface area contributed by atoms with Gasteiger partial charge in [0.2, 0.25) is 5.91 Å². The predicted molar refractivity (Wildman–Crippen MR) is 72.8 cm³/mol. The second-order valence-corrected chi connectivity index (χ2v) is 6.84. The average molecular weight is 334 g/mol. The fourth-order valence-electron chi connectivity index (χ4n) is 1.87. The molecule has 0 spiro atoms. The Hall–Kier alpha value is -1.80. The molecule has 2 amide bonds. The molecule has 1 fully saturated rings. The van der Waals surface area contributed by atoms with E-state index >= 15 is 0 Å². The highest BCUT2D eigenvalue weighted by molar-refractivity contribution is 8.13. The van der Waals surface area contributed by atoms with E-state index in [9.17, 15) is 18.0 Å². The van der Waals surface area contributed by atoms with Gasteiger partial charge < -0.3 is 9.47 Å². The molecular weight excluding hydrogens is 322 g/mol. The average Bonchev–Trinajstić information content (AvgIpc) is 2.41. The van der Waals surface area contributed by atoms with E-state index in [-0.39, 0.29) is 35.1 Å². The summed E-state index contributed by atoms with van der Waals surface area (Å²) in [5.41, 5.74) is 0. The SMILES string of the molecule is COc1ccc(OC2CCC(=O)NC2=O)cc1S(=O)(=O)Cl. The van der Waals surface area contributed by atoms with Gasteiger partial charge in [-0.3, -0.25) is 14.9 Å². The van der Waals surface area contributed by atoms with Gasteiger partial charge in [-0.15, -0.1) is 0 Å². The molecule has 0 aromatic heterocycles. The monoisotopic (exact) mass is 333 g/mol. The summed E-state index contributed by atoms with van der Waals surface area (Å²) in [6, 6.07) is 4.00. The first-order valence-electron chi connectivity index (χ1n) is 5.94. The Bertz CT molecular complexity index is 687. The number of nitrogens with one attached hydrogen (secondary N) is 1. The van der Waals surface area contributed by atoms with Gasteiger partial charge in [0.05, 0.1) is 7.11 Å². The second kappa shape index (κ2) is 5.90. The molecule has 1 unspecified atom stereocenters. The van der Waals surface area contributed by atoms with Gasteiger partial charge in [0.1, 0.15) is 16.4 Å². The van der Waals surface area contributed by atoms with Crippen LogP contribution in [0.1, 0.15) is 12.8 Å². The molecule has 1 aliphatic rings. The number of hydrogen-bond donors (Lipinski definition) is 1. The van der Waals surface area contributed by atoms with Crippen molar-refractivity contribution in [1.29, 1.82) is 0 Å². The van der Waals surface area contributed by atoms with Crippen molar-refractivity contribution in [2.75, 3.05) is 7.11 Å². The van der Waals surface area contributed by atoms with Crippen LogP contribution in [0.3, 0.4) is 0 Å². The third kappa shape index (κ3) is 3.64. The number of methoxy groups -OCH3 is 1. The van der Waals surface area contributed by atoms with Crippen LogP contribution in [0.5, 0.6) is 11.5 Å². The maximum atomic E-state index is 11.6. The number of ether oxygens (including phenoxy) is 2. The van der Waals surface area contributed by atoms with Crippen molar-refractivity contribution < 1.29 is 27.5 Å². The largest absolute Gasteiger partial charge is 0.495 e. The summed E-state index contributed by atoms with van der Waals surface area (Å²) in [7, 11) is 2.61. The predicted octanol–water partition coefficient (Wildman–Crippen LogP) is 0.807. The zero-order valence-corrected chi connectivity index (χ0v) is 12.5. The maximum absolute atomic E-state index is 11.6. The Morgan fingerprint density at radius 3 is 2.62 bits per heavy atom. The summed E-state index contributed by atoms with van der Waals surface area (Å²) in [5, 5.41) is 2.15. The van der Waals surface area contributed by atoms with Crippen molar-refractivity contribution in [2.24, 2.45) is 0 Å². The third-order valence-corrected chi connectivity index (χ3v) is 4.21. The number of benzene rings is 1. The van der Waals surface area contributed by atoms with Gasteiger partial charge in [-0.25, -0.2) is 8.42 Å². The van der Waals surface area contributed by atoms with E-state index < -0.39 is 21.1 Å². The van der Waals surface area contributed by atoms with Crippen molar-refractivity contribution in [2.45, 2.75) is 23.8 Å². The molecule has 2 rings (SSSR count). The lowest BCUT2D eigenvalue weighted by Gasteiger charge is -2.22. The number of carbonyl (C=O) groups is 2. The molecule has 1 N–H and O–H groups in total. The smallest absolute Gasteiger partial charge is 0.267 e. The molecule has 0 radical (unpaired) electrons. The Morgan fingerprint density at radius 2 is 2.05 bits per heavy atom. The molecule has 0 aliphatic carbocycles. The van der Waals surface area contributed by atoms with E-state index in [4.69, 9.17) is 20.2 Å². The first kappa shape index (κ1) is 15.6. The van der Waals surface area contributed by atoms with E-state index in [0.29, 0.717) is 0 Å². The van der Waals surface area contributed by atoms with E-state index in [2.05, 4.69) is 5.32 Å². The molecule has 21 heavy (non-hydrogen) atoms. The highest BCUT2D eigenvalue weighted by Crippen LogP contribution is 2.31. The topological polar surface area (TPSA) is 98.8 Å². The van der Waals surface area contributed by atoms with Crippen molar-refractivity contribution in [3.05, 3.63) is 18.2 Å². The zero-order chi connectivity index (χ0) is 15.6. The lowest BCUT2D eigenvalue weighted by molar-refractivity contribution is -0.138. The first-order valence-corrected chi connectivity index (χ1v) is 8.25. The van der Waals surface area contributed by atoms with E-state index in [0.717, 1.165) is 0 Å². The van der Waals surface area contributed by atoms with E-state index in [1.807, 2.05) is 0 Å². The van der Waals surface area contributed by atoms with E-state index in [1.165, 1.54) is 25.3 Å². The lowest BCUT2D eigenvalue weighted by atomic mass is 10.1. The van der Waals surface area contributed by atoms with Crippen molar-refractivity contribution >= 4 is 31.5 Å². The Morgan fingerprint density at radius 1 is 1.33 bits per heavy atom. The van der Waals surface area contributed by atoms with Crippen LogP contribution in [0.25, 0.3) is 0 Å². The standard InChI is InChI=1S/C12H12ClNO6S/c1-19-8-3-2-7(6-10(8)21(13,17)18)20-9-4-5-11(15)14-12(9)16/h2-3,6,9H,4-5H2,1H3,(H,14,15,16). The lowest BCUT2D eigenvalue weighted by Crippen LogP contribution is -2.46. The normalized spacial score (nSPS) is 19.0. The third-order valence-electron chi connectivity index (χ3n) is 2.86. The number of amides is 2. The van der Waals surface area contributed by atoms with Gasteiger partial charge in [-0.05, 0) is 12.1 Å². The number of halogens is 1. The number of imide groups is 1. The van der Waals surface area contributed by atoms with Crippen LogP contribution < -0.4 is 14.8 Å². The molecule has 1 aromatic carbocycles. The van der Waals surface area contributed by atoms with Gasteiger partial charge in [0.25, 0.3) is 15.0 Å². The molecule has 1 atom stereocenters. The van der Waals surface area contributed by atoms with Gasteiger partial charge in [-0.2, -0.15) is 0 Å². The summed E-state index contributed by atoms with van der Waals surface area (Å²) in [4.78, 5) is 22.4. The van der Waals surface area contributed by atoms with Crippen molar-refractivity contribution in [3.8, 4) is 11.5 Å². The number of hydrogen-bond acceptors (Lipinski definition) is 6. The van der Waals surface area contributed by atoms with Gasteiger partial charge in [-0.1, -0.05) is 0 Å². The van der Waals surface area contributed by atoms with E-state index in [1.54, 1.807) is 0 Å². The van der Waals surface area contributed by atoms with Gasteiger partial charge in [0.15, 0.2) is 6.10 Å². The van der Waals surface area contributed by atoms with Crippen LogP contribution in [0, 0.1) is 0 Å². The molecule has 1 heterocycles.